The van der Waals surface area contributed by atoms with Gasteiger partial charge in [-0.25, -0.2) is 4.98 Å². The maximum Gasteiger partial charge on any atom is 0.0991 e. The number of rotatable bonds is 3. The second kappa shape index (κ2) is 9.87. The summed E-state index contributed by atoms with van der Waals surface area (Å²) >= 11 is 0. The fourth-order valence-corrected chi connectivity index (χ4v) is 6.72. The molecule has 0 N–H and O–H groups in total. The lowest BCUT2D eigenvalue weighted by atomic mass is 9.97. The van der Waals surface area contributed by atoms with Gasteiger partial charge in [-0.1, -0.05) is 91.0 Å². The van der Waals surface area contributed by atoms with E-state index in [2.05, 4.69) is 120 Å². The number of benzene rings is 6. The van der Waals surface area contributed by atoms with E-state index in [-0.39, 0.29) is 0 Å². The average Bonchev–Trinajstić information content (AvgIpc) is 3.44. The number of aromatic nitrogens is 3. The highest BCUT2D eigenvalue weighted by Crippen LogP contribution is 2.38. The van der Waals surface area contributed by atoms with Crippen LogP contribution in [0.25, 0.3) is 82.5 Å². The Morgan fingerprint density at radius 3 is 2.04 bits per heavy atom. The molecule has 0 bridgehead atoms. The Hall–Kier alpha value is -6.31. The normalized spacial score (nSPS) is 11.5. The van der Waals surface area contributed by atoms with E-state index in [4.69, 9.17) is 9.97 Å². The van der Waals surface area contributed by atoms with Gasteiger partial charge in [0.1, 0.15) is 0 Å². The molecule has 208 valence electrons. The predicted octanol–water partition coefficient (Wildman–Crippen LogP) is 10.2. The van der Waals surface area contributed by atoms with Crippen molar-refractivity contribution in [2.75, 3.05) is 0 Å². The number of nitrogens with zero attached hydrogens (tertiary/aromatic N) is 4. The van der Waals surface area contributed by atoms with E-state index in [0.29, 0.717) is 5.56 Å². The lowest BCUT2D eigenvalue weighted by Crippen LogP contribution is -1.93. The Kier molecular flexibility index (Phi) is 5.53. The van der Waals surface area contributed by atoms with Gasteiger partial charge in [0, 0.05) is 44.4 Å². The van der Waals surface area contributed by atoms with Crippen molar-refractivity contribution in [2.45, 2.75) is 0 Å². The van der Waals surface area contributed by atoms with Gasteiger partial charge >= 0.3 is 0 Å². The summed E-state index contributed by atoms with van der Waals surface area (Å²) in [5.41, 5.74) is 9.93. The lowest BCUT2D eigenvalue weighted by Gasteiger charge is -2.12. The monoisotopic (exact) mass is 572 g/mol. The van der Waals surface area contributed by atoms with Crippen LogP contribution < -0.4 is 0 Å². The summed E-state index contributed by atoms with van der Waals surface area (Å²) in [5, 5.41) is 16.4. The van der Waals surface area contributed by atoms with Gasteiger partial charge in [-0.2, -0.15) is 5.26 Å². The minimum Gasteiger partial charge on any atom is -0.309 e. The molecule has 0 aliphatic carbocycles. The largest absolute Gasteiger partial charge is 0.309 e. The highest BCUT2D eigenvalue weighted by Gasteiger charge is 2.16. The van der Waals surface area contributed by atoms with Crippen LogP contribution in [0.15, 0.2) is 146 Å². The number of hydrogen-bond acceptors (Lipinski definition) is 3. The molecule has 0 saturated heterocycles. The lowest BCUT2D eigenvalue weighted by molar-refractivity contribution is 1.18. The summed E-state index contributed by atoms with van der Waals surface area (Å²) in [4.78, 5) is 10.0. The Balaban J connectivity index is 1.20. The highest BCUT2D eigenvalue weighted by molar-refractivity contribution is 6.20. The van der Waals surface area contributed by atoms with E-state index in [1.54, 1.807) is 0 Å². The quantitative estimate of drug-likeness (QED) is 0.198. The second-order valence-electron chi connectivity index (χ2n) is 11.4. The zero-order valence-electron chi connectivity index (χ0n) is 24.1. The fourth-order valence-electron chi connectivity index (χ4n) is 6.72. The van der Waals surface area contributed by atoms with Crippen LogP contribution in [0.1, 0.15) is 5.56 Å². The number of fused-ring (bicyclic) bond motifs is 8. The number of para-hydroxylation sites is 2. The Morgan fingerprint density at radius 1 is 0.556 bits per heavy atom. The molecule has 4 nitrogen and oxygen atoms in total. The maximum absolute atomic E-state index is 9.66. The molecule has 6 aromatic carbocycles. The van der Waals surface area contributed by atoms with Crippen LogP contribution in [0.3, 0.4) is 0 Å². The van der Waals surface area contributed by atoms with Crippen molar-refractivity contribution in [3.8, 4) is 34.1 Å². The Morgan fingerprint density at radius 2 is 1.22 bits per heavy atom. The zero-order chi connectivity index (χ0) is 29.9. The molecule has 9 aromatic rings. The van der Waals surface area contributed by atoms with Crippen molar-refractivity contribution in [1.29, 1.82) is 5.26 Å². The van der Waals surface area contributed by atoms with E-state index >= 15 is 0 Å². The van der Waals surface area contributed by atoms with Gasteiger partial charge in [0.05, 0.1) is 39.4 Å². The van der Waals surface area contributed by atoms with Crippen LogP contribution in [-0.4, -0.2) is 14.5 Å². The number of hydrogen-bond donors (Lipinski definition) is 0. The first-order chi connectivity index (χ1) is 22.3. The topological polar surface area (TPSA) is 54.5 Å². The fraction of sp³-hybridized carbons (Fsp3) is 0. The average molecular weight is 573 g/mol. The van der Waals surface area contributed by atoms with Gasteiger partial charge in [-0.3, -0.25) is 4.98 Å². The minimum atomic E-state index is 0.654. The highest BCUT2D eigenvalue weighted by atomic mass is 15.0. The van der Waals surface area contributed by atoms with Crippen LogP contribution >= 0.6 is 0 Å². The van der Waals surface area contributed by atoms with Gasteiger partial charge in [0.15, 0.2) is 0 Å². The summed E-state index contributed by atoms with van der Waals surface area (Å²) in [6, 6.07) is 50.6. The molecular formula is C41H24N4. The third kappa shape index (κ3) is 3.92. The van der Waals surface area contributed by atoms with E-state index in [9.17, 15) is 5.26 Å². The number of nitriles is 1. The van der Waals surface area contributed by atoms with Gasteiger partial charge in [-0.05, 0) is 65.0 Å². The van der Waals surface area contributed by atoms with Crippen molar-refractivity contribution in [1.82, 2.24) is 14.5 Å². The molecule has 0 aliphatic rings. The van der Waals surface area contributed by atoms with Gasteiger partial charge in [0.25, 0.3) is 0 Å². The molecule has 0 amide bonds. The van der Waals surface area contributed by atoms with Crippen LogP contribution in [0, 0.1) is 11.3 Å². The summed E-state index contributed by atoms with van der Waals surface area (Å²) in [6.45, 7) is 0. The molecule has 0 fully saturated rings. The van der Waals surface area contributed by atoms with Crippen molar-refractivity contribution < 1.29 is 0 Å². The van der Waals surface area contributed by atoms with E-state index in [0.717, 1.165) is 77.1 Å². The summed E-state index contributed by atoms with van der Waals surface area (Å²) in [6.07, 6.45) is 1.95. The molecule has 3 aromatic heterocycles. The third-order valence-corrected chi connectivity index (χ3v) is 8.83. The Bertz CT molecular complexity index is 2630. The first kappa shape index (κ1) is 25.2. The zero-order valence-corrected chi connectivity index (χ0v) is 24.1. The smallest absolute Gasteiger partial charge is 0.0991 e. The second-order valence-corrected chi connectivity index (χ2v) is 11.4. The van der Waals surface area contributed by atoms with Crippen LogP contribution in [0.4, 0.5) is 0 Å². The van der Waals surface area contributed by atoms with Crippen molar-refractivity contribution in [3.05, 3.63) is 151 Å². The molecule has 45 heavy (non-hydrogen) atoms. The summed E-state index contributed by atoms with van der Waals surface area (Å²) < 4.78 is 2.27. The third-order valence-electron chi connectivity index (χ3n) is 8.83. The van der Waals surface area contributed by atoms with Crippen LogP contribution in [0.2, 0.25) is 0 Å². The minimum absolute atomic E-state index is 0.654. The first-order valence-corrected chi connectivity index (χ1v) is 15.0. The molecule has 0 atom stereocenters. The predicted molar refractivity (Wildman–Crippen MR) is 184 cm³/mol. The molecule has 0 unspecified atom stereocenters. The summed E-state index contributed by atoms with van der Waals surface area (Å²) in [5.74, 6) is 0. The van der Waals surface area contributed by atoms with Crippen molar-refractivity contribution >= 4 is 54.4 Å². The molecular weight excluding hydrogens is 548 g/mol. The first-order valence-electron chi connectivity index (χ1n) is 15.0. The summed E-state index contributed by atoms with van der Waals surface area (Å²) in [7, 11) is 0. The molecule has 4 heteroatoms. The Labute approximate surface area is 259 Å². The van der Waals surface area contributed by atoms with E-state index in [1.807, 2.05) is 36.5 Å². The molecule has 0 saturated carbocycles. The SMILES string of the molecule is N#Cc1ccc2c(c1)c1cc(-c3ccc(-c4nc5ccccc5c5c4ncc4ccccc45)cc3)ccc1n2-c1ccccc1. The van der Waals surface area contributed by atoms with Crippen molar-refractivity contribution in [2.24, 2.45) is 0 Å². The molecule has 9 rings (SSSR count). The molecule has 3 heterocycles. The standard InChI is InChI=1S/C41H24N4/c42-24-26-14-20-37-34(22-26)35-23-29(19-21-38(35)45(37)31-9-2-1-3-10-31)27-15-17-28(18-16-27)40-41-39(33-12-6-7-13-36(33)44-40)32-11-5-4-8-30(32)25-43-41/h1-23,25H. The van der Waals surface area contributed by atoms with E-state index in [1.165, 1.54) is 5.39 Å². The van der Waals surface area contributed by atoms with E-state index < -0.39 is 0 Å². The van der Waals surface area contributed by atoms with Gasteiger partial charge in [0.2, 0.25) is 0 Å². The molecule has 0 radical (unpaired) electrons. The van der Waals surface area contributed by atoms with Crippen molar-refractivity contribution in [3.63, 3.8) is 0 Å². The van der Waals surface area contributed by atoms with Gasteiger partial charge in [-0.15, -0.1) is 0 Å². The van der Waals surface area contributed by atoms with Gasteiger partial charge < -0.3 is 4.57 Å². The molecule has 0 spiro atoms. The van der Waals surface area contributed by atoms with Crippen LogP contribution in [0.5, 0.6) is 0 Å². The van der Waals surface area contributed by atoms with Crippen LogP contribution in [-0.2, 0) is 0 Å². The number of pyridine rings is 2. The maximum atomic E-state index is 9.66. The molecule has 0 aliphatic heterocycles.